The van der Waals surface area contributed by atoms with E-state index in [9.17, 15) is 4.39 Å². The first-order chi connectivity index (χ1) is 8.52. The van der Waals surface area contributed by atoms with Gasteiger partial charge < -0.3 is 5.32 Å². The summed E-state index contributed by atoms with van der Waals surface area (Å²) in [4.78, 5) is 2.56. The lowest BCUT2D eigenvalue weighted by Crippen LogP contribution is -2.18. The number of rotatable bonds is 3. The molecule has 0 saturated heterocycles. The molecule has 1 aromatic carbocycles. The third kappa shape index (κ3) is 2.47. The summed E-state index contributed by atoms with van der Waals surface area (Å²) in [7, 11) is 1.92. The summed E-state index contributed by atoms with van der Waals surface area (Å²) >= 11 is 1.77. The molecule has 0 aliphatic carbocycles. The van der Waals surface area contributed by atoms with Crippen molar-refractivity contribution in [3.05, 3.63) is 56.5 Å². The normalized spacial score (nSPS) is 12.7. The van der Waals surface area contributed by atoms with Gasteiger partial charge in [-0.1, -0.05) is 6.07 Å². The van der Waals surface area contributed by atoms with Crippen molar-refractivity contribution >= 4 is 11.3 Å². The highest BCUT2D eigenvalue weighted by Crippen LogP contribution is 2.33. The van der Waals surface area contributed by atoms with Crippen LogP contribution >= 0.6 is 11.3 Å². The van der Waals surface area contributed by atoms with Crippen LogP contribution in [-0.4, -0.2) is 7.05 Å². The Balaban J connectivity index is 2.51. The highest BCUT2D eigenvalue weighted by atomic mass is 32.1. The summed E-state index contributed by atoms with van der Waals surface area (Å²) in [5, 5.41) is 3.30. The molecule has 1 atom stereocenters. The van der Waals surface area contributed by atoms with Crippen molar-refractivity contribution in [3.63, 3.8) is 0 Å². The molecule has 0 aliphatic heterocycles. The summed E-state index contributed by atoms with van der Waals surface area (Å²) in [5.41, 5.74) is 3.39. The van der Waals surface area contributed by atoms with Gasteiger partial charge in [0.1, 0.15) is 5.82 Å². The number of hydrogen-bond donors (Lipinski definition) is 1. The van der Waals surface area contributed by atoms with Crippen molar-refractivity contribution in [3.8, 4) is 0 Å². The molecular weight excluding hydrogens is 245 g/mol. The molecule has 3 heteroatoms. The molecule has 0 radical (unpaired) electrons. The Hall–Kier alpha value is -1.19. The molecule has 1 N–H and O–H groups in total. The van der Waals surface area contributed by atoms with Crippen molar-refractivity contribution in [2.45, 2.75) is 26.8 Å². The second-order valence-corrected chi connectivity index (χ2v) is 5.91. The van der Waals surface area contributed by atoms with Gasteiger partial charge >= 0.3 is 0 Å². The van der Waals surface area contributed by atoms with Gasteiger partial charge in [0.05, 0.1) is 6.04 Å². The van der Waals surface area contributed by atoms with Crippen LogP contribution in [0.3, 0.4) is 0 Å². The predicted molar refractivity (Wildman–Crippen MR) is 75.8 cm³/mol. The van der Waals surface area contributed by atoms with Gasteiger partial charge in [-0.15, -0.1) is 11.3 Å². The predicted octanol–water partition coefficient (Wildman–Crippen LogP) is 4.12. The smallest absolute Gasteiger partial charge is 0.123 e. The molecule has 0 saturated carbocycles. The van der Waals surface area contributed by atoms with Crippen LogP contribution in [0.15, 0.2) is 24.3 Å². The molecule has 2 aromatic rings. The van der Waals surface area contributed by atoms with E-state index in [2.05, 4.69) is 25.2 Å². The molecule has 0 bridgehead atoms. The van der Waals surface area contributed by atoms with Crippen LogP contribution in [0.25, 0.3) is 0 Å². The van der Waals surface area contributed by atoms with Gasteiger partial charge in [0.25, 0.3) is 0 Å². The minimum atomic E-state index is -0.179. The molecule has 0 aliphatic rings. The standard InChI is InChI=1S/C15H18FNS/c1-9-5-6-12(16)8-13(9)14(17-4)15-10(2)7-11(3)18-15/h5-8,14,17H,1-4H3. The number of aryl methyl sites for hydroxylation is 3. The van der Waals surface area contributed by atoms with Crippen molar-refractivity contribution in [1.29, 1.82) is 0 Å². The number of halogens is 1. The van der Waals surface area contributed by atoms with E-state index < -0.39 is 0 Å². The van der Waals surface area contributed by atoms with Crippen LogP contribution in [0.1, 0.15) is 32.5 Å². The first-order valence-corrected chi connectivity index (χ1v) is 6.85. The lowest BCUT2D eigenvalue weighted by atomic mass is 9.98. The lowest BCUT2D eigenvalue weighted by Gasteiger charge is -2.19. The molecule has 1 aromatic heterocycles. The van der Waals surface area contributed by atoms with E-state index in [0.29, 0.717) is 0 Å². The summed E-state index contributed by atoms with van der Waals surface area (Å²) < 4.78 is 13.4. The van der Waals surface area contributed by atoms with Crippen LogP contribution in [-0.2, 0) is 0 Å². The quantitative estimate of drug-likeness (QED) is 0.878. The summed E-state index contributed by atoms with van der Waals surface area (Å²) in [6.07, 6.45) is 0. The highest BCUT2D eigenvalue weighted by molar-refractivity contribution is 7.12. The van der Waals surface area contributed by atoms with Gasteiger partial charge in [0.15, 0.2) is 0 Å². The minimum Gasteiger partial charge on any atom is -0.309 e. The van der Waals surface area contributed by atoms with Crippen LogP contribution in [0, 0.1) is 26.6 Å². The molecule has 1 unspecified atom stereocenters. The van der Waals surface area contributed by atoms with Crippen molar-refractivity contribution < 1.29 is 4.39 Å². The second kappa shape index (κ2) is 5.21. The van der Waals surface area contributed by atoms with Gasteiger partial charge in [-0.2, -0.15) is 0 Å². The van der Waals surface area contributed by atoms with Crippen LogP contribution in [0.2, 0.25) is 0 Å². The van der Waals surface area contributed by atoms with Crippen LogP contribution in [0.4, 0.5) is 4.39 Å². The zero-order chi connectivity index (χ0) is 13.3. The maximum atomic E-state index is 13.4. The van der Waals surface area contributed by atoms with E-state index in [0.717, 1.165) is 11.1 Å². The van der Waals surface area contributed by atoms with Crippen molar-refractivity contribution in [1.82, 2.24) is 5.32 Å². The summed E-state index contributed by atoms with van der Waals surface area (Å²) in [6.45, 7) is 6.24. The second-order valence-electron chi connectivity index (χ2n) is 4.63. The average molecular weight is 263 g/mol. The topological polar surface area (TPSA) is 12.0 Å². The van der Waals surface area contributed by atoms with Crippen LogP contribution in [0.5, 0.6) is 0 Å². The molecule has 2 rings (SSSR count). The zero-order valence-corrected chi connectivity index (χ0v) is 12.0. The molecular formula is C15H18FNS. The van der Waals surface area contributed by atoms with E-state index >= 15 is 0 Å². The molecule has 96 valence electrons. The molecule has 18 heavy (non-hydrogen) atoms. The number of nitrogens with one attached hydrogen (secondary N) is 1. The Morgan fingerprint density at radius 3 is 2.39 bits per heavy atom. The van der Waals surface area contributed by atoms with Gasteiger partial charge in [0.2, 0.25) is 0 Å². The first kappa shape index (κ1) is 13.2. The fourth-order valence-corrected chi connectivity index (χ4v) is 3.46. The fourth-order valence-electron chi connectivity index (χ4n) is 2.30. The highest BCUT2D eigenvalue weighted by Gasteiger charge is 2.18. The van der Waals surface area contributed by atoms with Gasteiger partial charge in [-0.25, -0.2) is 4.39 Å². The molecule has 0 fully saturated rings. The van der Waals surface area contributed by atoms with Crippen LogP contribution < -0.4 is 5.32 Å². The largest absolute Gasteiger partial charge is 0.309 e. The molecule has 0 amide bonds. The SMILES string of the molecule is CNC(c1cc(F)ccc1C)c1sc(C)cc1C. The first-order valence-electron chi connectivity index (χ1n) is 6.03. The van der Waals surface area contributed by atoms with Gasteiger partial charge in [-0.05, 0) is 62.7 Å². The van der Waals surface area contributed by atoms with E-state index in [-0.39, 0.29) is 11.9 Å². The number of benzene rings is 1. The van der Waals surface area contributed by atoms with Gasteiger partial charge in [-0.3, -0.25) is 0 Å². The Labute approximate surface area is 112 Å². The van der Waals surface area contributed by atoms with Crippen molar-refractivity contribution in [2.75, 3.05) is 7.05 Å². The third-order valence-electron chi connectivity index (χ3n) is 3.18. The lowest BCUT2D eigenvalue weighted by molar-refractivity contribution is 0.616. The van der Waals surface area contributed by atoms with E-state index in [1.165, 1.54) is 21.4 Å². The fraction of sp³-hybridized carbons (Fsp3) is 0.333. The monoisotopic (exact) mass is 263 g/mol. The Morgan fingerprint density at radius 2 is 1.83 bits per heavy atom. The minimum absolute atomic E-state index is 0.0689. The summed E-state index contributed by atoms with van der Waals surface area (Å²) in [6, 6.07) is 7.23. The van der Waals surface area contributed by atoms with E-state index in [1.54, 1.807) is 17.4 Å². The maximum absolute atomic E-state index is 13.4. The Morgan fingerprint density at radius 1 is 1.11 bits per heavy atom. The summed E-state index contributed by atoms with van der Waals surface area (Å²) in [5.74, 6) is -0.179. The average Bonchev–Trinajstić information content (AvgIpc) is 2.64. The Kier molecular flexibility index (Phi) is 3.83. The third-order valence-corrected chi connectivity index (χ3v) is 4.40. The molecule has 0 spiro atoms. The Bertz CT molecular complexity index is 560. The van der Waals surface area contributed by atoms with E-state index in [1.807, 2.05) is 20.0 Å². The van der Waals surface area contributed by atoms with Gasteiger partial charge in [0, 0.05) is 9.75 Å². The number of thiophene rings is 1. The zero-order valence-electron chi connectivity index (χ0n) is 11.2. The molecule has 1 heterocycles. The van der Waals surface area contributed by atoms with E-state index in [4.69, 9.17) is 0 Å². The molecule has 1 nitrogen and oxygen atoms in total. The maximum Gasteiger partial charge on any atom is 0.123 e. The van der Waals surface area contributed by atoms with Crippen molar-refractivity contribution in [2.24, 2.45) is 0 Å². The number of hydrogen-bond acceptors (Lipinski definition) is 2.